The first-order valence-corrected chi connectivity index (χ1v) is 7.16. The lowest BCUT2D eigenvalue weighted by Gasteiger charge is -2.25. The number of hydrogen-bond donors (Lipinski definition) is 1. The second kappa shape index (κ2) is 4.08. The van der Waals surface area contributed by atoms with Crippen LogP contribution < -0.4 is 4.72 Å². The molecule has 0 amide bonds. The predicted molar refractivity (Wildman–Crippen MR) is 58.0 cm³/mol. The minimum atomic E-state index is -3.55. The highest BCUT2D eigenvalue weighted by molar-refractivity contribution is 7.89. The average molecular weight is 258 g/mol. The summed E-state index contributed by atoms with van der Waals surface area (Å²) in [4.78, 5) is 4.00. The molecule has 7 heteroatoms. The van der Waals surface area contributed by atoms with E-state index in [0.29, 0.717) is 31.6 Å². The molecular weight excluding hydrogens is 244 g/mol. The molecule has 1 aromatic heterocycles. The largest absolute Gasteiger partial charge is 0.428 e. The summed E-state index contributed by atoms with van der Waals surface area (Å²) in [5.74, 6) is 1.13. The number of ether oxygens (including phenoxy) is 1. The summed E-state index contributed by atoms with van der Waals surface area (Å²) >= 11 is 0. The van der Waals surface area contributed by atoms with Crippen molar-refractivity contribution in [2.45, 2.75) is 23.9 Å². The fraction of sp³-hybridized carbons (Fsp3) is 0.700. The average Bonchev–Trinajstić information content (AvgIpc) is 2.93. The molecule has 6 nitrogen and oxygen atoms in total. The smallest absolute Gasteiger partial charge is 0.275 e. The fourth-order valence-corrected chi connectivity index (χ4v) is 2.60. The van der Waals surface area contributed by atoms with Gasteiger partial charge in [0.05, 0.1) is 19.4 Å². The number of aromatic nitrogens is 1. The number of hydrogen-bond acceptors (Lipinski definition) is 5. The summed E-state index contributed by atoms with van der Waals surface area (Å²) in [6.07, 6.45) is 3.35. The van der Waals surface area contributed by atoms with E-state index >= 15 is 0 Å². The van der Waals surface area contributed by atoms with Crippen LogP contribution in [0.25, 0.3) is 0 Å². The van der Waals surface area contributed by atoms with Crippen molar-refractivity contribution in [2.75, 3.05) is 19.8 Å². The van der Waals surface area contributed by atoms with E-state index in [1.165, 1.54) is 6.20 Å². The molecule has 3 rings (SSSR count). The van der Waals surface area contributed by atoms with E-state index in [4.69, 9.17) is 9.15 Å². The van der Waals surface area contributed by atoms with Crippen molar-refractivity contribution < 1.29 is 17.6 Å². The van der Waals surface area contributed by atoms with Crippen molar-refractivity contribution in [3.63, 3.8) is 0 Å². The number of sulfonamides is 1. The molecule has 0 radical (unpaired) electrons. The minimum Gasteiger partial charge on any atom is -0.428 e. The summed E-state index contributed by atoms with van der Waals surface area (Å²) < 4.78 is 36.4. The third kappa shape index (κ3) is 2.36. The molecule has 1 N–H and O–H groups in total. The summed E-state index contributed by atoms with van der Waals surface area (Å²) in [7, 11) is -3.55. The van der Waals surface area contributed by atoms with Gasteiger partial charge in [-0.05, 0) is 12.8 Å². The molecule has 1 saturated carbocycles. The van der Waals surface area contributed by atoms with Gasteiger partial charge in [-0.1, -0.05) is 0 Å². The first-order chi connectivity index (χ1) is 8.15. The number of rotatable bonds is 5. The van der Waals surface area contributed by atoms with Gasteiger partial charge in [-0.25, -0.2) is 18.1 Å². The Morgan fingerprint density at radius 3 is 2.76 bits per heavy atom. The maximum atomic E-state index is 11.8. The van der Waals surface area contributed by atoms with E-state index in [1.807, 2.05) is 0 Å². The molecular formula is C10H14N2O4S. The van der Waals surface area contributed by atoms with Gasteiger partial charge in [0.15, 0.2) is 5.89 Å². The van der Waals surface area contributed by atoms with Gasteiger partial charge < -0.3 is 9.15 Å². The van der Waals surface area contributed by atoms with Crippen molar-refractivity contribution >= 4 is 10.0 Å². The number of nitrogens with zero attached hydrogens (tertiary/aromatic N) is 1. The molecule has 17 heavy (non-hydrogen) atoms. The highest BCUT2D eigenvalue weighted by atomic mass is 32.2. The standard InChI is InChI=1S/C10H14N2O4S/c13-17(14,12-3-7-5-15-6-7)9-4-11-10(16-9)8-1-2-8/h4,7-8,12H,1-3,5-6H2. The molecule has 2 aliphatic rings. The van der Waals surface area contributed by atoms with E-state index in [-0.39, 0.29) is 11.0 Å². The Kier molecular flexibility index (Phi) is 2.68. The van der Waals surface area contributed by atoms with Gasteiger partial charge in [-0.15, -0.1) is 0 Å². The van der Waals surface area contributed by atoms with E-state index in [1.54, 1.807) is 0 Å². The zero-order valence-corrected chi connectivity index (χ0v) is 10.1. The molecule has 0 atom stereocenters. The maximum absolute atomic E-state index is 11.8. The van der Waals surface area contributed by atoms with Crippen LogP contribution in [0, 0.1) is 5.92 Å². The minimum absolute atomic E-state index is 0.0837. The van der Waals surface area contributed by atoms with Crippen molar-refractivity contribution in [1.82, 2.24) is 9.71 Å². The Bertz CT molecular complexity index is 502. The Labute approximate surface area is 99.4 Å². The van der Waals surface area contributed by atoms with Crippen LogP contribution in [0.4, 0.5) is 0 Å². The second-order valence-electron chi connectivity index (χ2n) is 4.55. The SMILES string of the molecule is O=S(=O)(NCC1COC1)c1cnc(C2CC2)o1. The molecule has 0 aromatic carbocycles. The zero-order chi connectivity index (χ0) is 11.9. The van der Waals surface area contributed by atoms with Crippen LogP contribution in [-0.4, -0.2) is 33.2 Å². The van der Waals surface area contributed by atoms with E-state index < -0.39 is 10.0 Å². The topological polar surface area (TPSA) is 81.4 Å². The van der Waals surface area contributed by atoms with Gasteiger partial charge in [0.25, 0.3) is 15.1 Å². The van der Waals surface area contributed by atoms with Gasteiger partial charge in [-0.3, -0.25) is 0 Å². The second-order valence-corrected chi connectivity index (χ2v) is 6.25. The molecule has 1 saturated heterocycles. The lowest BCUT2D eigenvalue weighted by atomic mass is 10.1. The van der Waals surface area contributed by atoms with Crippen molar-refractivity contribution in [3.8, 4) is 0 Å². The molecule has 0 bridgehead atoms. The summed E-state index contributed by atoms with van der Waals surface area (Å²) in [5, 5.41) is -0.0837. The quantitative estimate of drug-likeness (QED) is 0.830. The van der Waals surface area contributed by atoms with Crippen molar-refractivity contribution in [2.24, 2.45) is 5.92 Å². The lowest BCUT2D eigenvalue weighted by molar-refractivity contribution is -0.0284. The van der Waals surface area contributed by atoms with Gasteiger partial charge in [0.1, 0.15) is 0 Å². The Morgan fingerprint density at radius 1 is 1.41 bits per heavy atom. The fourth-order valence-electron chi connectivity index (χ4n) is 1.62. The molecule has 0 unspecified atom stereocenters. The van der Waals surface area contributed by atoms with Gasteiger partial charge in [0, 0.05) is 18.4 Å². The molecule has 1 aromatic rings. The highest BCUT2D eigenvalue weighted by Gasteiger charge is 2.31. The van der Waals surface area contributed by atoms with Crippen LogP contribution in [0.5, 0.6) is 0 Å². The van der Waals surface area contributed by atoms with Crippen LogP contribution in [0.1, 0.15) is 24.7 Å². The first kappa shape index (κ1) is 11.2. The molecule has 94 valence electrons. The monoisotopic (exact) mass is 258 g/mol. The van der Waals surface area contributed by atoms with E-state index in [2.05, 4.69) is 9.71 Å². The Hall–Kier alpha value is -0.920. The number of nitrogens with one attached hydrogen (secondary N) is 1. The molecule has 1 aliphatic carbocycles. The first-order valence-electron chi connectivity index (χ1n) is 5.68. The summed E-state index contributed by atoms with van der Waals surface area (Å²) in [5.41, 5.74) is 0. The zero-order valence-electron chi connectivity index (χ0n) is 9.26. The third-order valence-electron chi connectivity index (χ3n) is 2.96. The molecule has 0 spiro atoms. The third-order valence-corrected chi connectivity index (χ3v) is 4.23. The number of oxazole rings is 1. The normalized spacial score (nSPS) is 21.4. The van der Waals surface area contributed by atoms with Crippen LogP contribution in [0.3, 0.4) is 0 Å². The van der Waals surface area contributed by atoms with Crippen LogP contribution >= 0.6 is 0 Å². The van der Waals surface area contributed by atoms with Gasteiger partial charge >= 0.3 is 0 Å². The van der Waals surface area contributed by atoms with Crippen molar-refractivity contribution in [3.05, 3.63) is 12.1 Å². The maximum Gasteiger partial charge on any atom is 0.275 e. The van der Waals surface area contributed by atoms with Gasteiger partial charge in [-0.2, -0.15) is 0 Å². The molecule has 1 aliphatic heterocycles. The Balaban J connectivity index is 1.66. The Morgan fingerprint density at radius 2 is 2.18 bits per heavy atom. The molecule has 2 heterocycles. The van der Waals surface area contributed by atoms with Gasteiger partial charge in [0.2, 0.25) is 0 Å². The summed E-state index contributed by atoms with van der Waals surface area (Å²) in [6.45, 7) is 1.63. The van der Waals surface area contributed by atoms with E-state index in [0.717, 1.165) is 12.8 Å². The highest BCUT2D eigenvalue weighted by Crippen LogP contribution is 2.39. The predicted octanol–water partition coefficient (Wildman–Crippen LogP) is 0.477. The van der Waals surface area contributed by atoms with Crippen LogP contribution in [0.2, 0.25) is 0 Å². The summed E-state index contributed by atoms with van der Waals surface area (Å²) in [6, 6.07) is 0. The van der Waals surface area contributed by atoms with Crippen molar-refractivity contribution in [1.29, 1.82) is 0 Å². The lowest BCUT2D eigenvalue weighted by Crippen LogP contribution is -2.39. The van der Waals surface area contributed by atoms with Crippen LogP contribution in [-0.2, 0) is 14.8 Å². The molecule has 2 fully saturated rings. The van der Waals surface area contributed by atoms with Crippen LogP contribution in [0.15, 0.2) is 15.7 Å². The van der Waals surface area contributed by atoms with E-state index in [9.17, 15) is 8.42 Å².